The van der Waals surface area contributed by atoms with Gasteiger partial charge in [0.15, 0.2) is 11.5 Å². The predicted octanol–water partition coefficient (Wildman–Crippen LogP) is 4.65. The van der Waals surface area contributed by atoms with E-state index in [-0.39, 0.29) is 11.5 Å². The lowest BCUT2D eigenvalue weighted by atomic mass is 9.96. The number of hydrogen-bond donors (Lipinski definition) is 2. The number of aromatic hydroxyl groups is 2. The Bertz CT molecular complexity index is 692. The van der Waals surface area contributed by atoms with Crippen molar-refractivity contribution in [2.24, 2.45) is 0 Å². The molecular weight excluding hydrogens is 304 g/mol. The monoisotopic (exact) mass is 330 g/mol. The molecule has 0 aliphatic carbocycles. The van der Waals surface area contributed by atoms with Gasteiger partial charge in [-0.3, -0.25) is 0 Å². The van der Waals surface area contributed by atoms with Crippen LogP contribution < -0.4 is 0 Å². The summed E-state index contributed by atoms with van der Waals surface area (Å²) < 4.78 is 5.55. The van der Waals surface area contributed by atoms with Crippen LogP contribution in [0.25, 0.3) is 5.57 Å². The van der Waals surface area contributed by atoms with Crippen molar-refractivity contribution < 1.29 is 19.7 Å². The topological polar surface area (TPSA) is 66.8 Å². The van der Waals surface area contributed by atoms with Gasteiger partial charge in [-0.1, -0.05) is 36.4 Å². The van der Waals surface area contributed by atoms with Crippen molar-refractivity contribution in [1.29, 1.82) is 0 Å². The second-order valence-electron chi connectivity index (χ2n) is 6.04. The van der Waals surface area contributed by atoms with Gasteiger partial charge in [-0.2, -0.15) is 0 Å². The molecule has 0 spiro atoms. The van der Waals surface area contributed by atoms with Crippen LogP contribution in [0.4, 0.5) is 0 Å². The van der Waals surface area contributed by atoms with E-state index in [1.807, 2.05) is 19.9 Å². The van der Waals surface area contributed by atoms with Gasteiger partial charge in [0.2, 0.25) is 0 Å². The molecule has 1 aromatic carbocycles. The number of phenols is 2. The van der Waals surface area contributed by atoms with Crippen LogP contribution >= 0.6 is 0 Å². The molecule has 0 aromatic heterocycles. The minimum atomic E-state index is -0.629. The highest BCUT2D eigenvalue weighted by Gasteiger charge is 2.22. The molecule has 0 saturated carbocycles. The van der Waals surface area contributed by atoms with Crippen LogP contribution in [0.2, 0.25) is 0 Å². The van der Waals surface area contributed by atoms with Gasteiger partial charge in [-0.25, -0.2) is 4.79 Å². The van der Waals surface area contributed by atoms with Gasteiger partial charge in [0.05, 0.1) is 0 Å². The van der Waals surface area contributed by atoms with E-state index in [1.54, 1.807) is 39.0 Å². The summed E-state index contributed by atoms with van der Waals surface area (Å²) in [6, 6.07) is 3.35. The van der Waals surface area contributed by atoms with E-state index >= 15 is 0 Å². The fourth-order valence-electron chi connectivity index (χ4n) is 2.06. The lowest BCUT2D eigenvalue weighted by Crippen LogP contribution is -2.20. The highest BCUT2D eigenvalue weighted by Crippen LogP contribution is 2.37. The fraction of sp³-hybridized carbons (Fsp3) is 0.350. The van der Waals surface area contributed by atoms with Crippen LogP contribution in [0.5, 0.6) is 11.5 Å². The lowest BCUT2D eigenvalue weighted by Gasteiger charge is -2.21. The number of phenolic OH excluding ortho intramolecular Hbond substituents is 2. The zero-order chi connectivity index (χ0) is 18.4. The molecule has 0 fully saturated rings. The normalized spacial score (nSPS) is 12.5. The average molecular weight is 330 g/mol. The summed E-state index contributed by atoms with van der Waals surface area (Å²) in [5.41, 5.74) is 2.96. The van der Waals surface area contributed by atoms with Gasteiger partial charge in [0.25, 0.3) is 0 Å². The molecule has 130 valence electrons. The van der Waals surface area contributed by atoms with Crippen molar-refractivity contribution in [3.8, 4) is 11.5 Å². The van der Waals surface area contributed by atoms with Gasteiger partial charge in [-0.05, 0) is 45.8 Å². The first kappa shape index (κ1) is 19.6. The number of rotatable bonds is 6. The summed E-state index contributed by atoms with van der Waals surface area (Å²) >= 11 is 0. The summed E-state index contributed by atoms with van der Waals surface area (Å²) in [5.74, 6) is -0.867. The minimum Gasteiger partial charge on any atom is -0.504 e. The predicted molar refractivity (Wildman–Crippen MR) is 96.9 cm³/mol. The number of esters is 1. The third-order valence-electron chi connectivity index (χ3n) is 3.83. The standard InChI is InChI=1S/C20H26O4/c1-7-13(4)20(23)24-17(11-8-12(2)3)15(6)16-10-9-14(5)18(21)19(16)22/h7-10,17,21-22H,6,11H2,1-5H3/b13-7-/t17-/m0/s1. The number of allylic oxidation sites excluding steroid dienone is 2. The number of aryl methyl sites for hydroxylation is 1. The molecule has 0 heterocycles. The molecule has 0 bridgehead atoms. The Labute approximate surface area is 143 Å². The van der Waals surface area contributed by atoms with Crippen molar-refractivity contribution in [1.82, 2.24) is 0 Å². The molecule has 0 aliphatic heterocycles. The molecule has 4 heteroatoms. The SMILES string of the molecule is C=C(c1ccc(C)c(O)c1O)[C@H](CC=C(C)C)OC(=O)/C(C)=C\C. The zero-order valence-corrected chi connectivity index (χ0v) is 15.0. The zero-order valence-electron chi connectivity index (χ0n) is 15.0. The first-order chi connectivity index (χ1) is 11.2. The summed E-state index contributed by atoms with van der Waals surface area (Å²) in [7, 11) is 0. The van der Waals surface area contributed by atoms with Crippen molar-refractivity contribution >= 4 is 11.5 Å². The molecule has 0 unspecified atom stereocenters. The van der Waals surface area contributed by atoms with E-state index in [9.17, 15) is 15.0 Å². The average Bonchev–Trinajstić information content (AvgIpc) is 2.54. The molecule has 0 radical (unpaired) electrons. The number of carbonyl (C=O) groups excluding carboxylic acids is 1. The molecule has 1 rings (SSSR count). The van der Waals surface area contributed by atoms with Crippen LogP contribution in [-0.4, -0.2) is 22.3 Å². The van der Waals surface area contributed by atoms with Crippen molar-refractivity contribution in [3.05, 3.63) is 53.1 Å². The Morgan fingerprint density at radius 1 is 1.25 bits per heavy atom. The van der Waals surface area contributed by atoms with Gasteiger partial charge >= 0.3 is 5.97 Å². The number of hydrogen-bond acceptors (Lipinski definition) is 4. The maximum atomic E-state index is 12.1. The Morgan fingerprint density at radius 2 is 1.88 bits per heavy atom. The summed E-state index contributed by atoms with van der Waals surface area (Å²) in [4.78, 5) is 12.1. The van der Waals surface area contributed by atoms with E-state index in [0.717, 1.165) is 5.57 Å². The number of benzene rings is 1. The second-order valence-corrected chi connectivity index (χ2v) is 6.04. The van der Waals surface area contributed by atoms with E-state index in [2.05, 4.69) is 6.58 Å². The Kier molecular flexibility index (Phi) is 6.83. The molecule has 0 saturated heterocycles. The maximum absolute atomic E-state index is 12.1. The molecular formula is C20H26O4. The Balaban J connectivity index is 3.19. The summed E-state index contributed by atoms with van der Waals surface area (Å²) in [6.07, 6.45) is 3.44. The fourth-order valence-corrected chi connectivity index (χ4v) is 2.06. The molecule has 4 nitrogen and oxygen atoms in total. The molecule has 1 aromatic rings. The third-order valence-corrected chi connectivity index (χ3v) is 3.83. The third kappa shape index (κ3) is 4.75. The smallest absolute Gasteiger partial charge is 0.333 e. The minimum absolute atomic E-state index is 0.189. The first-order valence-electron chi connectivity index (χ1n) is 7.87. The van der Waals surface area contributed by atoms with Crippen LogP contribution in [0, 0.1) is 6.92 Å². The number of carbonyl (C=O) groups is 1. The van der Waals surface area contributed by atoms with E-state index in [0.29, 0.717) is 28.7 Å². The highest BCUT2D eigenvalue weighted by atomic mass is 16.5. The molecule has 0 aliphatic rings. The molecule has 0 amide bonds. The van der Waals surface area contributed by atoms with Crippen LogP contribution in [-0.2, 0) is 9.53 Å². The van der Waals surface area contributed by atoms with Gasteiger partial charge in [-0.15, -0.1) is 0 Å². The van der Waals surface area contributed by atoms with Crippen LogP contribution in [0.15, 0.2) is 42.0 Å². The molecule has 1 atom stereocenters. The molecule has 2 N–H and O–H groups in total. The quantitative estimate of drug-likeness (QED) is 0.345. The van der Waals surface area contributed by atoms with E-state index in [4.69, 9.17) is 4.74 Å². The number of ether oxygens (including phenoxy) is 1. The van der Waals surface area contributed by atoms with Crippen molar-refractivity contribution in [3.63, 3.8) is 0 Å². The van der Waals surface area contributed by atoms with Crippen LogP contribution in [0.1, 0.15) is 45.2 Å². The van der Waals surface area contributed by atoms with Gasteiger partial charge in [0.1, 0.15) is 6.10 Å². The second kappa shape index (κ2) is 8.39. The van der Waals surface area contributed by atoms with E-state index in [1.165, 1.54) is 0 Å². The summed E-state index contributed by atoms with van der Waals surface area (Å²) in [6.45, 7) is 13.0. The largest absolute Gasteiger partial charge is 0.504 e. The van der Waals surface area contributed by atoms with E-state index < -0.39 is 12.1 Å². The van der Waals surface area contributed by atoms with Gasteiger partial charge < -0.3 is 14.9 Å². The first-order valence-corrected chi connectivity index (χ1v) is 7.87. The Hall–Kier alpha value is -2.49. The maximum Gasteiger partial charge on any atom is 0.333 e. The van der Waals surface area contributed by atoms with Crippen LogP contribution in [0.3, 0.4) is 0 Å². The van der Waals surface area contributed by atoms with Crippen molar-refractivity contribution in [2.75, 3.05) is 0 Å². The molecule has 24 heavy (non-hydrogen) atoms. The van der Waals surface area contributed by atoms with Gasteiger partial charge in [0, 0.05) is 17.6 Å². The lowest BCUT2D eigenvalue weighted by molar-refractivity contribution is -0.141. The summed E-state index contributed by atoms with van der Waals surface area (Å²) in [5, 5.41) is 20.1. The van der Waals surface area contributed by atoms with Crippen molar-refractivity contribution in [2.45, 2.75) is 47.1 Å². The Morgan fingerprint density at radius 3 is 2.42 bits per heavy atom. The highest BCUT2D eigenvalue weighted by molar-refractivity contribution is 5.89.